The Hall–Kier alpha value is -0.820. The van der Waals surface area contributed by atoms with Gasteiger partial charge in [-0.25, -0.2) is 0 Å². The van der Waals surface area contributed by atoms with Crippen molar-refractivity contribution in [2.24, 2.45) is 11.3 Å². The molecule has 1 aliphatic rings. The second-order valence-electron chi connectivity index (χ2n) is 6.43. The fourth-order valence-electron chi connectivity index (χ4n) is 3.36. The molecule has 0 radical (unpaired) electrons. The number of hydrogen-bond donors (Lipinski definition) is 1. The van der Waals surface area contributed by atoms with Gasteiger partial charge in [0, 0.05) is 0 Å². The molecule has 1 saturated carbocycles. The predicted molar refractivity (Wildman–Crippen MR) is 76.7 cm³/mol. The topological polar surface area (TPSA) is 20.2 Å². The van der Waals surface area contributed by atoms with E-state index in [0.717, 1.165) is 12.8 Å². The highest BCUT2D eigenvalue weighted by Gasteiger charge is 2.38. The monoisotopic (exact) mass is 246 g/mol. The Labute approximate surface area is 111 Å². The minimum Gasteiger partial charge on any atom is -0.392 e. The molecule has 1 aliphatic carbocycles. The third kappa shape index (κ3) is 2.95. The van der Waals surface area contributed by atoms with Crippen molar-refractivity contribution in [2.75, 3.05) is 0 Å². The fraction of sp³-hybridized carbons (Fsp3) is 0.647. The summed E-state index contributed by atoms with van der Waals surface area (Å²) >= 11 is 0. The Balaban J connectivity index is 2.00. The van der Waals surface area contributed by atoms with Crippen LogP contribution in [0.2, 0.25) is 0 Å². The van der Waals surface area contributed by atoms with Crippen molar-refractivity contribution in [2.45, 2.75) is 59.0 Å². The van der Waals surface area contributed by atoms with Crippen LogP contribution in [0.5, 0.6) is 0 Å². The molecule has 0 aliphatic heterocycles. The van der Waals surface area contributed by atoms with Gasteiger partial charge in [0.15, 0.2) is 0 Å². The molecule has 1 fully saturated rings. The molecule has 18 heavy (non-hydrogen) atoms. The molecule has 1 aromatic rings. The van der Waals surface area contributed by atoms with Gasteiger partial charge in [-0.15, -0.1) is 0 Å². The Morgan fingerprint density at radius 2 is 1.83 bits per heavy atom. The lowest BCUT2D eigenvalue weighted by Crippen LogP contribution is -2.31. The molecular formula is C17H26O. The maximum atomic E-state index is 10.5. The molecule has 0 aromatic heterocycles. The van der Waals surface area contributed by atoms with Gasteiger partial charge in [0.1, 0.15) is 0 Å². The summed E-state index contributed by atoms with van der Waals surface area (Å²) in [4.78, 5) is 0. The highest BCUT2D eigenvalue weighted by Crippen LogP contribution is 2.44. The van der Waals surface area contributed by atoms with Crippen LogP contribution in [0.1, 0.15) is 51.2 Å². The SMILES string of the molecule is CCc1ccc(CC(O)C2CCCC2(C)C)cc1. The van der Waals surface area contributed by atoms with Crippen LogP contribution in [0.25, 0.3) is 0 Å². The van der Waals surface area contributed by atoms with Gasteiger partial charge in [0.05, 0.1) is 6.10 Å². The molecular weight excluding hydrogens is 220 g/mol. The van der Waals surface area contributed by atoms with Gasteiger partial charge >= 0.3 is 0 Å². The molecule has 0 bridgehead atoms. The van der Waals surface area contributed by atoms with Crippen LogP contribution in [0, 0.1) is 11.3 Å². The molecule has 0 saturated heterocycles. The Morgan fingerprint density at radius 1 is 1.22 bits per heavy atom. The standard InChI is InChI=1S/C17H26O/c1-4-13-7-9-14(10-8-13)12-16(18)15-6-5-11-17(15,2)3/h7-10,15-16,18H,4-6,11-12H2,1-3H3. The molecule has 2 unspecified atom stereocenters. The smallest absolute Gasteiger partial charge is 0.0613 e. The van der Waals surface area contributed by atoms with E-state index in [9.17, 15) is 5.11 Å². The van der Waals surface area contributed by atoms with Gasteiger partial charge in [0.2, 0.25) is 0 Å². The van der Waals surface area contributed by atoms with E-state index in [0.29, 0.717) is 11.3 Å². The summed E-state index contributed by atoms with van der Waals surface area (Å²) in [5.74, 6) is 0.461. The molecule has 1 N–H and O–H groups in total. The molecule has 100 valence electrons. The summed E-state index contributed by atoms with van der Waals surface area (Å²) in [7, 11) is 0. The zero-order valence-corrected chi connectivity index (χ0v) is 11.9. The maximum Gasteiger partial charge on any atom is 0.0613 e. The molecule has 1 heteroatoms. The van der Waals surface area contributed by atoms with Crippen LogP contribution >= 0.6 is 0 Å². The highest BCUT2D eigenvalue weighted by molar-refractivity contribution is 5.23. The van der Waals surface area contributed by atoms with Gasteiger partial charge in [-0.2, -0.15) is 0 Å². The average molecular weight is 246 g/mol. The van der Waals surface area contributed by atoms with E-state index in [4.69, 9.17) is 0 Å². The third-order valence-corrected chi connectivity index (χ3v) is 4.68. The number of hydrogen-bond acceptors (Lipinski definition) is 1. The van der Waals surface area contributed by atoms with E-state index in [-0.39, 0.29) is 6.10 Å². The molecule has 2 atom stereocenters. The number of aryl methyl sites for hydroxylation is 1. The molecule has 1 aromatic carbocycles. The van der Waals surface area contributed by atoms with Crippen molar-refractivity contribution >= 4 is 0 Å². The quantitative estimate of drug-likeness (QED) is 0.852. The molecule has 1 nitrogen and oxygen atoms in total. The van der Waals surface area contributed by atoms with Gasteiger partial charge < -0.3 is 5.11 Å². The Bertz CT molecular complexity index is 377. The van der Waals surface area contributed by atoms with Gasteiger partial charge in [-0.05, 0) is 48.1 Å². The second kappa shape index (κ2) is 5.44. The number of rotatable bonds is 4. The zero-order valence-electron chi connectivity index (χ0n) is 11.9. The van der Waals surface area contributed by atoms with E-state index >= 15 is 0 Å². The lowest BCUT2D eigenvalue weighted by molar-refractivity contribution is 0.0543. The lowest BCUT2D eigenvalue weighted by Gasteiger charge is -2.31. The summed E-state index contributed by atoms with van der Waals surface area (Å²) in [6.45, 7) is 6.77. The normalized spacial score (nSPS) is 24.1. The third-order valence-electron chi connectivity index (χ3n) is 4.68. The lowest BCUT2D eigenvalue weighted by atomic mass is 9.77. The summed E-state index contributed by atoms with van der Waals surface area (Å²) in [5.41, 5.74) is 2.94. The number of benzene rings is 1. The van der Waals surface area contributed by atoms with Gasteiger partial charge in [-0.3, -0.25) is 0 Å². The molecule has 0 spiro atoms. The molecule has 0 amide bonds. The van der Waals surface area contributed by atoms with Crippen LogP contribution in [-0.2, 0) is 12.8 Å². The largest absolute Gasteiger partial charge is 0.392 e. The predicted octanol–water partition coefficient (Wildman–Crippen LogP) is 3.98. The van der Waals surface area contributed by atoms with Crippen molar-refractivity contribution in [3.05, 3.63) is 35.4 Å². The Morgan fingerprint density at radius 3 is 2.33 bits per heavy atom. The average Bonchev–Trinajstić information content (AvgIpc) is 2.70. The number of aliphatic hydroxyl groups is 1. The van der Waals surface area contributed by atoms with Crippen molar-refractivity contribution in [3.63, 3.8) is 0 Å². The first-order valence-corrected chi connectivity index (χ1v) is 7.29. The van der Waals surface area contributed by atoms with E-state index in [2.05, 4.69) is 45.0 Å². The summed E-state index contributed by atoms with van der Waals surface area (Å²) in [6.07, 6.45) is 5.40. The minimum absolute atomic E-state index is 0.185. The van der Waals surface area contributed by atoms with Gasteiger partial charge in [0.25, 0.3) is 0 Å². The van der Waals surface area contributed by atoms with Crippen LogP contribution < -0.4 is 0 Å². The fourth-order valence-corrected chi connectivity index (χ4v) is 3.36. The molecule has 2 rings (SSSR count). The van der Waals surface area contributed by atoms with Crippen LogP contribution in [0.15, 0.2) is 24.3 Å². The van der Waals surface area contributed by atoms with Crippen molar-refractivity contribution < 1.29 is 5.11 Å². The van der Waals surface area contributed by atoms with Crippen LogP contribution in [0.3, 0.4) is 0 Å². The van der Waals surface area contributed by atoms with E-state index in [1.54, 1.807) is 0 Å². The van der Waals surface area contributed by atoms with E-state index in [1.807, 2.05) is 0 Å². The van der Waals surface area contributed by atoms with Crippen LogP contribution in [-0.4, -0.2) is 11.2 Å². The summed E-state index contributed by atoms with van der Waals surface area (Å²) < 4.78 is 0. The van der Waals surface area contributed by atoms with Crippen molar-refractivity contribution in [1.29, 1.82) is 0 Å². The summed E-state index contributed by atoms with van der Waals surface area (Å²) in [5, 5.41) is 10.5. The van der Waals surface area contributed by atoms with Crippen molar-refractivity contribution in [1.82, 2.24) is 0 Å². The highest BCUT2D eigenvalue weighted by atomic mass is 16.3. The first kappa shape index (κ1) is 13.6. The summed E-state index contributed by atoms with van der Waals surface area (Å²) in [6, 6.07) is 8.71. The number of aliphatic hydroxyl groups excluding tert-OH is 1. The van der Waals surface area contributed by atoms with E-state index < -0.39 is 0 Å². The first-order valence-electron chi connectivity index (χ1n) is 7.29. The minimum atomic E-state index is -0.185. The van der Waals surface area contributed by atoms with Crippen molar-refractivity contribution in [3.8, 4) is 0 Å². The second-order valence-corrected chi connectivity index (χ2v) is 6.43. The van der Waals surface area contributed by atoms with Gasteiger partial charge in [-0.1, -0.05) is 51.5 Å². The molecule has 0 heterocycles. The van der Waals surface area contributed by atoms with E-state index in [1.165, 1.54) is 30.4 Å². The Kier molecular flexibility index (Phi) is 4.11. The van der Waals surface area contributed by atoms with Crippen LogP contribution in [0.4, 0.5) is 0 Å². The first-order chi connectivity index (χ1) is 8.53. The maximum absolute atomic E-state index is 10.5. The zero-order chi connectivity index (χ0) is 13.2.